The summed E-state index contributed by atoms with van der Waals surface area (Å²) >= 11 is 10.0. The predicted octanol–water partition coefficient (Wildman–Crippen LogP) is 7.07. The molecule has 0 saturated heterocycles. The van der Waals surface area contributed by atoms with E-state index in [9.17, 15) is 9.59 Å². The van der Waals surface area contributed by atoms with Crippen molar-refractivity contribution in [2.45, 2.75) is 39.7 Å². The van der Waals surface area contributed by atoms with Gasteiger partial charge in [-0.05, 0) is 53.0 Å². The van der Waals surface area contributed by atoms with Crippen LogP contribution in [0, 0.1) is 0 Å². The zero-order chi connectivity index (χ0) is 25.8. The molecule has 4 rings (SSSR count). The molecular formula is C27H26BrClN2O5. The van der Waals surface area contributed by atoms with Crippen LogP contribution in [0.15, 0.2) is 51.4 Å². The minimum atomic E-state index is -0.495. The van der Waals surface area contributed by atoms with Crippen LogP contribution in [-0.4, -0.2) is 35.2 Å². The number of rotatable bonds is 9. The van der Waals surface area contributed by atoms with Crippen molar-refractivity contribution in [3.05, 3.63) is 74.7 Å². The fourth-order valence-electron chi connectivity index (χ4n) is 4.09. The molecule has 7 nitrogen and oxygen atoms in total. The smallest absolute Gasteiger partial charge is 0.358 e. The number of aromatic nitrogens is 2. The average Bonchev–Trinajstić information content (AvgIpc) is 3.38. The standard InChI is InChI=1S/C27H26BrClN2O5/c1-4-6-11-21-30-25(29)23(27(33)35-5-2)31(21)15-16-12-13-20-19(14-16)22(28)24(36-20)17-9-7-8-10-18(17)26(32)34-3/h7-10,12-14H,4-6,11,15H2,1-3H3. The number of esters is 2. The molecule has 2 heterocycles. The summed E-state index contributed by atoms with van der Waals surface area (Å²) in [5.74, 6) is 0.334. The van der Waals surface area contributed by atoms with Crippen LogP contribution in [0.3, 0.4) is 0 Å². The Kier molecular flexibility index (Phi) is 8.16. The zero-order valence-electron chi connectivity index (χ0n) is 20.3. The Labute approximate surface area is 222 Å². The first-order valence-electron chi connectivity index (χ1n) is 11.7. The van der Waals surface area contributed by atoms with Gasteiger partial charge in [0.1, 0.15) is 17.2 Å². The van der Waals surface area contributed by atoms with Crippen molar-refractivity contribution in [1.82, 2.24) is 9.55 Å². The topological polar surface area (TPSA) is 83.6 Å². The lowest BCUT2D eigenvalue weighted by molar-refractivity contribution is 0.0513. The third kappa shape index (κ3) is 5.06. The van der Waals surface area contributed by atoms with E-state index < -0.39 is 11.9 Å². The molecule has 0 fully saturated rings. The Morgan fingerprint density at radius 2 is 1.92 bits per heavy atom. The normalized spacial score (nSPS) is 11.1. The molecule has 0 spiro atoms. The largest absolute Gasteiger partial charge is 0.465 e. The maximum Gasteiger partial charge on any atom is 0.358 e. The molecule has 0 aliphatic rings. The molecule has 36 heavy (non-hydrogen) atoms. The summed E-state index contributed by atoms with van der Waals surface area (Å²) in [7, 11) is 1.35. The highest BCUT2D eigenvalue weighted by molar-refractivity contribution is 9.10. The van der Waals surface area contributed by atoms with Crippen LogP contribution >= 0.6 is 27.5 Å². The molecule has 4 aromatic rings. The van der Waals surface area contributed by atoms with Crippen molar-refractivity contribution in [3.63, 3.8) is 0 Å². The molecule has 188 valence electrons. The van der Waals surface area contributed by atoms with Gasteiger partial charge in [0.15, 0.2) is 10.8 Å². The first-order chi connectivity index (χ1) is 17.4. The highest BCUT2D eigenvalue weighted by Crippen LogP contribution is 2.39. The summed E-state index contributed by atoms with van der Waals surface area (Å²) in [5, 5.41) is 0.980. The van der Waals surface area contributed by atoms with Crippen LogP contribution in [0.5, 0.6) is 0 Å². The number of hydrogen-bond acceptors (Lipinski definition) is 6. The lowest BCUT2D eigenvalue weighted by Crippen LogP contribution is -2.15. The van der Waals surface area contributed by atoms with E-state index in [-0.39, 0.29) is 17.5 Å². The average molecular weight is 574 g/mol. The van der Waals surface area contributed by atoms with Gasteiger partial charge in [0.05, 0.1) is 23.8 Å². The van der Waals surface area contributed by atoms with Crippen molar-refractivity contribution in [2.24, 2.45) is 0 Å². The van der Waals surface area contributed by atoms with Crippen molar-refractivity contribution in [3.8, 4) is 11.3 Å². The van der Waals surface area contributed by atoms with Gasteiger partial charge in [-0.1, -0.05) is 49.2 Å². The maximum absolute atomic E-state index is 12.7. The van der Waals surface area contributed by atoms with Crippen LogP contribution in [0.25, 0.3) is 22.3 Å². The molecule has 0 amide bonds. The van der Waals surface area contributed by atoms with E-state index in [1.165, 1.54) is 7.11 Å². The van der Waals surface area contributed by atoms with Crippen LogP contribution < -0.4 is 0 Å². The van der Waals surface area contributed by atoms with Crippen molar-refractivity contribution in [1.29, 1.82) is 0 Å². The van der Waals surface area contributed by atoms with Crippen molar-refractivity contribution in [2.75, 3.05) is 13.7 Å². The van der Waals surface area contributed by atoms with Gasteiger partial charge in [-0.15, -0.1) is 0 Å². The van der Waals surface area contributed by atoms with Crippen LogP contribution in [-0.2, 0) is 22.4 Å². The molecule has 0 aliphatic heterocycles. The number of carbonyl (C=O) groups excluding carboxylic acids is 2. The summed E-state index contributed by atoms with van der Waals surface area (Å²) < 4.78 is 18.9. The van der Waals surface area contributed by atoms with E-state index in [0.717, 1.165) is 34.1 Å². The number of methoxy groups -OCH3 is 1. The van der Waals surface area contributed by atoms with Gasteiger partial charge in [-0.25, -0.2) is 14.6 Å². The fraction of sp³-hybridized carbons (Fsp3) is 0.296. The number of hydrogen-bond donors (Lipinski definition) is 0. The highest BCUT2D eigenvalue weighted by atomic mass is 79.9. The van der Waals surface area contributed by atoms with Crippen molar-refractivity contribution >= 4 is 50.4 Å². The van der Waals surface area contributed by atoms with Gasteiger partial charge >= 0.3 is 11.9 Å². The highest BCUT2D eigenvalue weighted by Gasteiger charge is 2.24. The lowest BCUT2D eigenvalue weighted by Gasteiger charge is -2.12. The Bertz CT molecular complexity index is 1430. The number of unbranched alkanes of at least 4 members (excludes halogenated alkanes) is 1. The second kappa shape index (κ2) is 11.3. The first kappa shape index (κ1) is 26.0. The van der Waals surface area contributed by atoms with E-state index >= 15 is 0 Å². The third-order valence-electron chi connectivity index (χ3n) is 5.84. The SMILES string of the molecule is CCCCc1nc(Cl)c(C(=O)OCC)n1Cc1ccc2oc(-c3ccccc3C(=O)OC)c(Br)c2c1. The van der Waals surface area contributed by atoms with Gasteiger partial charge in [-0.3, -0.25) is 0 Å². The second-order valence-corrected chi connectivity index (χ2v) is 9.34. The van der Waals surface area contributed by atoms with Crippen LogP contribution in [0.4, 0.5) is 0 Å². The molecule has 9 heteroatoms. The summed E-state index contributed by atoms with van der Waals surface area (Å²) in [6.07, 6.45) is 2.61. The second-order valence-electron chi connectivity index (χ2n) is 8.19. The molecule has 0 radical (unpaired) electrons. The van der Waals surface area contributed by atoms with E-state index in [1.54, 1.807) is 19.1 Å². The number of imidazole rings is 1. The van der Waals surface area contributed by atoms with E-state index in [4.69, 9.17) is 25.5 Å². The zero-order valence-corrected chi connectivity index (χ0v) is 22.6. The molecule has 0 N–H and O–H groups in total. The summed E-state index contributed by atoms with van der Waals surface area (Å²) in [5.41, 5.74) is 2.87. The Hall–Kier alpha value is -3.10. The monoisotopic (exact) mass is 572 g/mol. The summed E-state index contributed by atoms with van der Waals surface area (Å²) in [6, 6.07) is 12.9. The summed E-state index contributed by atoms with van der Waals surface area (Å²) in [4.78, 5) is 29.4. The molecule has 0 saturated carbocycles. The number of aryl methyl sites for hydroxylation is 1. The molecule has 0 aliphatic carbocycles. The Morgan fingerprint density at radius 3 is 2.64 bits per heavy atom. The van der Waals surface area contributed by atoms with E-state index in [1.807, 2.05) is 34.9 Å². The lowest BCUT2D eigenvalue weighted by atomic mass is 10.0. The maximum atomic E-state index is 12.7. The molecule has 0 bridgehead atoms. The summed E-state index contributed by atoms with van der Waals surface area (Å²) in [6.45, 7) is 4.48. The Morgan fingerprint density at radius 1 is 1.14 bits per heavy atom. The minimum Gasteiger partial charge on any atom is -0.465 e. The molecular weight excluding hydrogens is 548 g/mol. The fourth-order valence-corrected chi connectivity index (χ4v) is 4.98. The number of nitrogens with zero attached hydrogens (tertiary/aromatic N) is 2. The number of carbonyl (C=O) groups is 2. The number of halogens is 2. The van der Waals surface area contributed by atoms with E-state index in [0.29, 0.717) is 35.4 Å². The third-order valence-corrected chi connectivity index (χ3v) is 6.89. The first-order valence-corrected chi connectivity index (χ1v) is 12.9. The van der Waals surface area contributed by atoms with E-state index in [2.05, 4.69) is 27.8 Å². The van der Waals surface area contributed by atoms with Crippen LogP contribution in [0.2, 0.25) is 5.15 Å². The molecule has 2 aromatic carbocycles. The van der Waals surface area contributed by atoms with Gasteiger partial charge in [0, 0.05) is 23.9 Å². The van der Waals surface area contributed by atoms with Gasteiger partial charge in [0.25, 0.3) is 0 Å². The quantitative estimate of drug-likeness (QED) is 0.199. The molecule has 0 unspecified atom stereocenters. The van der Waals surface area contributed by atoms with Gasteiger partial charge < -0.3 is 18.5 Å². The number of fused-ring (bicyclic) bond motifs is 1. The number of furan rings is 1. The minimum absolute atomic E-state index is 0.145. The van der Waals surface area contributed by atoms with Crippen molar-refractivity contribution < 1.29 is 23.5 Å². The predicted molar refractivity (Wildman–Crippen MR) is 142 cm³/mol. The molecule has 2 aromatic heterocycles. The Balaban J connectivity index is 1.77. The molecule has 0 atom stereocenters. The number of benzene rings is 2. The van der Waals surface area contributed by atoms with Gasteiger partial charge in [0.2, 0.25) is 0 Å². The van der Waals surface area contributed by atoms with Crippen LogP contribution in [0.1, 0.15) is 58.9 Å². The number of ether oxygens (including phenoxy) is 2. The van der Waals surface area contributed by atoms with Gasteiger partial charge in [-0.2, -0.15) is 0 Å².